The molecule has 0 aliphatic heterocycles. The van der Waals surface area contributed by atoms with Crippen molar-refractivity contribution in [2.75, 3.05) is 6.54 Å². The van der Waals surface area contributed by atoms with E-state index in [0.29, 0.717) is 5.69 Å². The highest BCUT2D eigenvalue weighted by atomic mass is 16.2. The fourth-order valence-electron chi connectivity index (χ4n) is 2.62. The summed E-state index contributed by atoms with van der Waals surface area (Å²) in [6.07, 6.45) is 0.230. The third-order valence-corrected chi connectivity index (χ3v) is 3.65. The van der Waals surface area contributed by atoms with Gasteiger partial charge in [0.05, 0.1) is 11.4 Å². The van der Waals surface area contributed by atoms with Crippen LogP contribution in [0.5, 0.6) is 0 Å². The molecule has 1 aromatic heterocycles. The summed E-state index contributed by atoms with van der Waals surface area (Å²) in [5.41, 5.74) is 4.04. The molecule has 134 valence electrons. The molecule has 1 heterocycles. The summed E-state index contributed by atoms with van der Waals surface area (Å²) in [6.45, 7) is 9.87. The maximum absolute atomic E-state index is 12.3. The van der Waals surface area contributed by atoms with Crippen molar-refractivity contribution in [2.45, 2.75) is 47.1 Å². The Kier molecular flexibility index (Phi) is 5.90. The van der Waals surface area contributed by atoms with Gasteiger partial charge < -0.3 is 10.6 Å². The molecule has 7 heteroatoms. The zero-order chi connectivity index (χ0) is 18.6. The van der Waals surface area contributed by atoms with Crippen LogP contribution in [0.25, 0.3) is 5.69 Å². The largest absolute Gasteiger partial charge is 0.354 e. The fraction of sp³-hybridized carbons (Fsp3) is 0.444. The maximum atomic E-state index is 12.3. The van der Waals surface area contributed by atoms with E-state index in [9.17, 15) is 9.59 Å². The van der Waals surface area contributed by atoms with E-state index in [-0.39, 0.29) is 36.5 Å². The van der Waals surface area contributed by atoms with Crippen LogP contribution in [0.4, 0.5) is 0 Å². The highest BCUT2D eigenvalue weighted by Gasteiger charge is 2.17. The van der Waals surface area contributed by atoms with Crippen molar-refractivity contribution in [1.29, 1.82) is 0 Å². The Hall–Kier alpha value is -2.70. The average molecular weight is 343 g/mol. The molecule has 0 saturated heterocycles. The molecule has 2 aromatic rings. The Bertz CT molecular complexity index is 760. The van der Waals surface area contributed by atoms with E-state index < -0.39 is 0 Å². The molecule has 0 bridgehead atoms. The fourth-order valence-corrected chi connectivity index (χ4v) is 2.62. The van der Waals surface area contributed by atoms with E-state index in [4.69, 9.17) is 0 Å². The van der Waals surface area contributed by atoms with Crippen molar-refractivity contribution in [3.05, 3.63) is 40.7 Å². The second kappa shape index (κ2) is 7.92. The maximum Gasteiger partial charge on any atom is 0.273 e. The lowest BCUT2D eigenvalue weighted by Gasteiger charge is -2.09. The van der Waals surface area contributed by atoms with Gasteiger partial charge in [-0.1, -0.05) is 11.3 Å². The topological polar surface area (TPSA) is 88.9 Å². The first-order valence-corrected chi connectivity index (χ1v) is 8.36. The number of amides is 2. The van der Waals surface area contributed by atoms with E-state index in [1.807, 2.05) is 39.8 Å². The Morgan fingerprint density at radius 1 is 1.12 bits per heavy atom. The second-order valence-electron chi connectivity index (χ2n) is 6.51. The molecule has 0 spiro atoms. The number of nitrogens with zero attached hydrogens (tertiary/aromatic N) is 3. The zero-order valence-corrected chi connectivity index (χ0v) is 15.4. The molecule has 0 aliphatic rings. The lowest BCUT2D eigenvalue weighted by Crippen LogP contribution is -2.34. The quantitative estimate of drug-likeness (QED) is 0.837. The molecule has 0 atom stereocenters. The minimum Gasteiger partial charge on any atom is -0.354 e. The van der Waals surface area contributed by atoms with E-state index in [1.165, 1.54) is 0 Å². The van der Waals surface area contributed by atoms with Crippen molar-refractivity contribution in [3.8, 4) is 5.69 Å². The van der Waals surface area contributed by atoms with Gasteiger partial charge >= 0.3 is 0 Å². The van der Waals surface area contributed by atoms with Crippen LogP contribution in [-0.2, 0) is 4.79 Å². The summed E-state index contributed by atoms with van der Waals surface area (Å²) < 4.78 is 1.65. The first kappa shape index (κ1) is 18.6. The third-order valence-electron chi connectivity index (χ3n) is 3.65. The van der Waals surface area contributed by atoms with Gasteiger partial charge in [0.15, 0.2) is 5.69 Å². The highest BCUT2D eigenvalue weighted by Crippen LogP contribution is 2.16. The molecule has 2 amide bonds. The Morgan fingerprint density at radius 2 is 1.76 bits per heavy atom. The summed E-state index contributed by atoms with van der Waals surface area (Å²) in [5, 5.41) is 13.6. The number of hydrogen-bond donors (Lipinski definition) is 2. The van der Waals surface area contributed by atoms with Crippen LogP contribution in [0.3, 0.4) is 0 Å². The minimum atomic E-state index is -0.328. The second-order valence-corrected chi connectivity index (χ2v) is 6.51. The predicted octanol–water partition coefficient (Wildman–Crippen LogP) is 1.84. The van der Waals surface area contributed by atoms with Crippen molar-refractivity contribution in [2.24, 2.45) is 0 Å². The van der Waals surface area contributed by atoms with Crippen LogP contribution in [0, 0.1) is 20.8 Å². The molecule has 25 heavy (non-hydrogen) atoms. The summed E-state index contributed by atoms with van der Waals surface area (Å²) >= 11 is 0. The molecule has 1 aromatic carbocycles. The molecule has 2 N–H and O–H groups in total. The molecule has 7 nitrogen and oxygen atoms in total. The van der Waals surface area contributed by atoms with E-state index in [0.717, 1.165) is 16.8 Å². The first-order chi connectivity index (χ1) is 11.8. The van der Waals surface area contributed by atoms with Crippen molar-refractivity contribution >= 4 is 11.8 Å². The Labute approximate surface area is 147 Å². The molecule has 0 saturated carbocycles. The SMILES string of the molecule is Cc1cc(C)cc(-n2nnc(C(=O)NCCC(=O)NC(C)C)c2C)c1. The van der Waals surface area contributed by atoms with Gasteiger partial charge in [0.2, 0.25) is 5.91 Å². The molecule has 2 rings (SSSR count). The number of hydrogen-bond acceptors (Lipinski definition) is 4. The Morgan fingerprint density at radius 3 is 2.36 bits per heavy atom. The smallest absolute Gasteiger partial charge is 0.273 e. The van der Waals surface area contributed by atoms with E-state index in [1.54, 1.807) is 11.6 Å². The lowest BCUT2D eigenvalue weighted by atomic mass is 10.1. The van der Waals surface area contributed by atoms with E-state index >= 15 is 0 Å². The van der Waals surface area contributed by atoms with Crippen LogP contribution >= 0.6 is 0 Å². The number of nitrogens with one attached hydrogen (secondary N) is 2. The summed E-state index contributed by atoms with van der Waals surface area (Å²) in [4.78, 5) is 23.9. The molecular formula is C18H25N5O2. The normalized spacial score (nSPS) is 10.8. The Balaban J connectivity index is 2.05. The van der Waals surface area contributed by atoms with Crippen LogP contribution in [-0.4, -0.2) is 39.4 Å². The summed E-state index contributed by atoms with van der Waals surface area (Å²) in [5.74, 6) is -0.420. The number of benzene rings is 1. The predicted molar refractivity (Wildman–Crippen MR) is 95.8 cm³/mol. The van der Waals surface area contributed by atoms with Gasteiger partial charge in [-0.3, -0.25) is 9.59 Å². The number of aryl methyl sites for hydroxylation is 2. The molecule has 0 unspecified atom stereocenters. The van der Waals surface area contributed by atoms with Gasteiger partial charge in [-0.15, -0.1) is 5.10 Å². The number of carbonyl (C=O) groups is 2. The van der Waals surface area contributed by atoms with Gasteiger partial charge in [0, 0.05) is 19.0 Å². The average Bonchev–Trinajstić information content (AvgIpc) is 2.87. The van der Waals surface area contributed by atoms with Crippen LogP contribution in [0.15, 0.2) is 18.2 Å². The van der Waals surface area contributed by atoms with Crippen LogP contribution in [0.2, 0.25) is 0 Å². The zero-order valence-electron chi connectivity index (χ0n) is 15.4. The summed E-state index contributed by atoms with van der Waals surface area (Å²) in [7, 11) is 0. The first-order valence-electron chi connectivity index (χ1n) is 8.36. The van der Waals surface area contributed by atoms with Crippen LogP contribution < -0.4 is 10.6 Å². The van der Waals surface area contributed by atoms with Gasteiger partial charge in [0.1, 0.15) is 0 Å². The summed E-state index contributed by atoms with van der Waals surface area (Å²) in [6, 6.07) is 6.15. The number of carbonyl (C=O) groups excluding carboxylic acids is 2. The molecule has 0 fully saturated rings. The van der Waals surface area contributed by atoms with Crippen molar-refractivity contribution in [1.82, 2.24) is 25.6 Å². The van der Waals surface area contributed by atoms with Gasteiger partial charge in [-0.2, -0.15) is 0 Å². The van der Waals surface area contributed by atoms with Gasteiger partial charge in [-0.05, 0) is 57.9 Å². The highest BCUT2D eigenvalue weighted by molar-refractivity contribution is 5.93. The van der Waals surface area contributed by atoms with Gasteiger partial charge in [0.25, 0.3) is 5.91 Å². The molecule has 0 aliphatic carbocycles. The monoisotopic (exact) mass is 343 g/mol. The number of rotatable bonds is 6. The standard InChI is InChI=1S/C18H25N5O2/c1-11(2)20-16(24)6-7-19-18(25)17-14(5)23(22-21-17)15-9-12(3)8-13(4)10-15/h8-11H,6-7H2,1-5H3,(H,19,25)(H,20,24). The van der Waals surface area contributed by atoms with Crippen molar-refractivity contribution in [3.63, 3.8) is 0 Å². The van der Waals surface area contributed by atoms with Crippen LogP contribution in [0.1, 0.15) is 47.6 Å². The minimum absolute atomic E-state index is 0.0862. The molecule has 0 radical (unpaired) electrons. The molecular weight excluding hydrogens is 318 g/mol. The van der Waals surface area contributed by atoms with Crippen molar-refractivity contribution < 1.29 is 9.59 Å². The van der Waals surface area contributed by atoms with Gasteiger partial charge in [-0.25, -0.2) is 4.68 Å². The van der Waals surface area contributed by atoms with E-state index in [2.05, 4.69) is 27.0 Å². The number of aromatic nitrogens is 3. The third kappa shape index (κ3) is 4.89. The lowest BCUT2D eigenvalue weighted by molar-refractivity contribution is -0.121.